The third-order valence-corrected chi connectivity index (χ3v) is 3.81. The highest BCUT2D eigenvalue weighted by Gasteiger charge is 2.28. The Bertz CT molecular complexity index is 381. The monoisotopic (exact) mass is 249 g/mol. The number of hydrogen-bond acceptors (Lipinski definition) is 3. The van der Waals surface area contributed by atoms with Crippen molar-refractivity contribution in [2.24, 2.45) is 0 Å². The number of methoxy groups -OCH3 is 2. The molecule has 1 fully saturated rings. The van der Waals surface area contributed by atoms with Crippen LogP contribution in [-0.2, 0) is 4.74 Å². The SMILES string of the molecule is COc1cccc(C(C)NC2CCCC2OC)c1. The molecule has 0 aliphatic heterocycles. The second-order valence-electron chi connectivity index (χ2n) is 4.98. The quantitative estimate of drug-likeness (QED) is 0.870. The normalized spacial score (nSPS) is 25.1. The first kappa shape index (κ1) is 13.4. The third kappa shape index (κ3) is 3.03. The fourth-order valence-electron chi connectivity index (χ4n) is 2.73. The maximum atomic E-state index is 5.52. The highest BCUT2D eigenvalue weighted by molar-refractivity contribution is 5.30. The summed E-state index contributed by atoms with van der Waals surface area (Å²) in [7, 11) is 3.51. The second kappa shape index (κ2) is 6.21. The van der Waals surface area contributed by atoms with E-state index < -0.39 is 0 Å². The van der Waals surface area contributed by atoms with E-state index in [0.717, 1.165) is 5.75 Å². The standard InChI is InChI=1S/C15H23NO2/c1-11(12-6-4-7-13(10-12)17-2)16-14-8-5-9-15(14)18-3/h4,6-7,10-11,14-16H,5,8-9H2,1-3H3. The van der Waals surface area contributed by atoms with Gasteiger partial charge in [0.2, 0.25) is 0 Å². The van der Waals surface area contributed by atoms with Crippen LogP contribution in [0.2, 0.25) is 0 Å². The zero-order valence-electron chi connectivity index (χ0n) is 11.5. The molecule has 0 heterocycles. The van der Waals surface area contributed by atoms with Crippen molar-refractivity contribution < 1.29 is 9.47 Å². The lowest BCUT2D eigenvalue weighted by molar-refractivity contribution is 0.0819. The highest BCUT2D eigenvalue weighted by Crippen LogP contribution is 2.25. The van der Waals surface area contributed by atoms with Gasteiger partial charge in [0.05, 0.1) is 13.2 Å². The zero-order valence-corrected chi connectivity index (χ0v) is 11.5. The molecule has 3 unspecified atom stereocenters. The molecule has 1 aromatic carbocycles. The predicted octanol–water partition coefficient (Wildman–Crippen LogP) is 2.91. The van der Waals surface area contributed by atoms with Gasteiger partial charge >= 0.3 is 0 Å². The smallest absolute Gasteiger partial charge is 0.119 e. The minimum atomic E-state index is 0.320. The Morgan fingerprint density at radius 1 is 1.28 bits per heavy atom. The summed E-state index contributed by atoms with van der Waals surface area (Å²) >= 11 is 0. The van der Waals surface area contributed by atoms with Crippen LogP contribution in [0, 0.1) is 0 Å². The Balaban J connectivity index is 2.00. The molecule has 0 amide bonds. The summed E-state index contributed by atoms with van der Waals surface area (Å²) in [5.74, 6) is 0.913. The van der Waals surface area contributed by atoms with Gasteiger partial charge in [0.25, 0.3) is 0 Å². The summed E-state index contributed by atoms with van der Waals surface area (Å²) < 4.78 is 10.8. The Labute approximate surface area is 109 Å². The molecule has 0 bridgehead atoms. The summed E-state index contributed by atoms with van der Waals surface area (Å²) in [4.78, 5) is 0. The molecule has 1 aromatic rings. The Kier molecular flexibility index (Phi) is 4.61. The van der Waals surface area contributed by atoms with Crippen molar-refractivity contribution in [3.05, 3.63) is 29.8 Å². The molecule has 1 aliphatic rings. The number of hydrogen-bond donors (Lipinski definition) is 1. The number of rotatable bonds is 5. The lowest BCUT2D eigenvalue weighted by Gasteiger charge is -2.24. The summed E-state index contributed by atoms with van der Waals surface area (Å²) in [6.45, 7) is 2.19. The van der Waals surface area contributed by atoms with E-state index >= 15 is 0 Å². The number of nitrogens with one attached hydrogen (secondary N) is 1. The van der Waals surface area contributed by atoms with Gasteiger partial charge in [-0.3, -0.25) is 0 Å². The third-order valence-electron chi connectivity index (χ3n) is 3.81. The minimum Gasteiger partial charge on any atom is -0.497 e. The van der Waals surface area contributed by atoms with Gasteiger partial charge < -0.3 is 14.8 Å². The molecule has 0 saturated heterocycles. The van der Waals surface area contributed by atoms with E-state index in [1.54, 1.807) is 14.2 Å². The van der Waals surface area contributed by atoms with Gasteiger partial charge in [-0.05, 0) is 43.9 Å². The van der Waals surface area contributed by atoms with E-state index in [4.69, 9.17) is 9.47 Å². The predicted molar refractivity (Wildman–Crippen MR) is 73.0 cm³/mol. The van der Waals surface area contributed by atoms with E-state index in [2.05, 4.69) is 24.4 Å². The van der Waals surface area contributed by atoms with Crippen LogP contribution in [0.25, 0.3) is 0 Å². The van der Waals surface area contributed by atoms with E-state index in [0.29, 0.717) is 18.2 Å². The minimum absolute atomic E-state index is 0.320. The van der Waals surface area contributed by atoms with Crippen molar-refractivity contribution in [1.82, 2.24) is 5.32 Å². The van der Waals surface area contributed by atoms with Crippen LogP contribution in [-0.4, -0.2) is 26.4 Å². The van der Waals surface area contributed by atoms with Crippen LogP contribution >= 0.6 is 0 Å². The molecule has 3 atom stereocenters. The molecule has 100 valence electrons. The summed E-state index contributed by atoms with van der Waals surface area (Å²) in [6.07, 6.45) is 3.98. The van der Waals surface area contributed by atoms with Crippen LogP contribution in [0.4, 0.5) is 0 Å². The first-order chi connectivity index (χ1) is 8.74. The van der Waals surface area contributed by atoms with E-state index in [9.17, 15) is 0 Å². The van der Waals surface area contributed by atoms with Crippen molar-refractivity contribution in [3.8, 4) is 5.75 Å². The van der Waals surface area contributed by atoms with Crippen LogP contribution in [0.5, 0.6) is 5.75 Å². The largest absolute Gasteiger partial charge is 0.497 e. The maximum Gasteiger partial charge on any atom is 0.119 e. The van der Waals surface area contributed by atoms with Gasteiger partial charge in [0.1, 0.15) is 5.75 Å². The van der Waals surface area contributed by atoms with Crippen molar-refractivity contribution in [2.45, 2.75) is 44.4 Å². The molecule has 1 saturated carbocycles. The van der Waals surface area contributed by atoms with E-state index in [1.165, 1.54) is 24.8 Å². The molecule has 18 heavy (non-hydrogen) atoms. The van der Waals surface area contributed by atoms with Crippen molar-refractivity contribution in [1.29, 1.82) is 0 Å². The molecule has 1 N–H and O–H groups in total. The Morgan fingerprint density at radius 3 is 2.83 bits per heavy atom. The molecular formula is C15H23NO2. The lowest BCUT2D eigenvalue weighted by atomic mass is 10.1. The molecule has 2 rings (SSSR count). The lowest BCUT2D eigenvalue weighted by Crippen LogP contribution is -2.38. The van der Waals surface area contributed by atoms with Gasteiger partial charge in [-0.1, -0.05) is 12.1 Å². The van der Waals surface area contributed by atoms with Crippen LogP contribution in [0.1, 0.15) is 37.8 Å². The van der Waals surface area contributed by atoms with Crippen molar-refractivity contribution >= 4 is 0 Å². The van der Waals surface area contributed by atoms with Gasteiger partial charge in [0.15, 0.2) is 0 Å². The molecular weight excluding hydrogens is 226 g/mol. The van der Waals surface area contributed by atoms with Gasteiger partial charge in [-0.25, -0.2) is 0 Å². The van der Waals surface area contributed by atoms with Crippen LogP contribution < -0.4 is 10.1 Å². The number of benzene rings is 1. The molecule has 0 spiro atoms. The van der Waals surface area contributed by atoms with E-state index in [-0.39, 0.29) is 0 Å². The molecule has 0 radical (unpaired) electrons. The summed E-state index contributed by atoms with van der Waals surface area (Å²) in [5, 5.41) is 3.67. The zero-order chi connectivity index (χ0) is 13.0. The van der Waals surface area contributed by atoms with Crippen LogP contribution in [0.15, 0.2) is 24.3 Å². The summed E-state index contributed by atoms with van der Waals surface area (Å²) in [6, 6.07) is 9.03. The second-order valence-corrected chi connectivity index (χ2v) is 4.98. The van der Waals surface area contributed by atoms with Gasteiger partial charge in [-0.2, -0.15) is 0 Å². The van der Waals surface area contributed by atoms with Gasteiger partial charge in [-0.15, -0.1) is 0 Å². The number of ether oxygens (including phenoxy) is 2. The fraction of sp³-hybridized carbons (Fsp3) is 0.600. The molecule has 3 nitrogen and oxygen atoms in total. The first-order valence-electron chi connectivity index (χ1n) is 6.67. The average Bonchev–Trinajstić information content (AvgIpc) is 2.86. The van der Waals surface area contributed by atoms with Crippen molar-refractivity contribution in [3.63, 3.8) is 0 Å². The van der Waals surface area contributed by atoms with E-state index in [1.807, 2.05) is 12.1 Å². The fourth-order valence-corrected chi connectivity index (χ4v) is 2.73. The Morgan fingerprint density at radius 2 is 2.11 bits per heavy atom. The first-order valence-corrected chi connectivity index (χ1v) is 6.67. The van der Waals surface area contributed by atoms with Crippen LogP contribution in [0.3, 0.4) is 0 Å². The Hall–Kier alpha value is -1.06. The summed E-state index contributed by atoms with van der Waals surface area (Å²) in [5.41, 5.74) is 1.26. The topological polar surface area (TPSA) is 30.5 Å². The maximum absolute atomic E-state index is 5.52. The average molecular weight is 249 g/mol. The molecule has 0 aromatic heterocycles. The molecule has 1 aliphatic carbocycles. The molecule has 3 heteroatoms. The highest BCUT2D eigenvalue weighted by atomic mass is 16.5. The van der Waals surface area contributed by atoms with Gasteiger partial charge in [0, 0.05) is 19.2 Å². The van der Waals surface area contributed by atoms with Crippen molar-refractivity contribution in [2.75, 3.05) is 14.2 Å².